The molecule has 0 aliphatic rings. The number of rotatable bonds is 3. The molecule has 5 nitrogen and oxygen atoms in total. The molecule has 0 saturated heterocycles. The van der Waals surface area contributed by atoms with E-state index in [1.54, 1.807) is 24.7 Å². The molecule has 5 heteroatoms. The number of aromatic nitrogens is 2. The predicted octanol–water partition coefficient (Wildman–Crippen LogP) is 3.28. The van der Waals surface area contributed by atoms with E-state index in [0.29, 0.717) is 17.0 Å². The average Bonchev–Trinajstić information content (AvgIpc) is 3.08. The van der Waals surface area contributed by atoms with Gasteiger partial charge >= 0.3 is 0 Å². The van der Waals surface area contributed by atoms with Crippen LogP contribution < -0.4 is 4.74 Å². The Hall–Kier alpha value is -3.13. The van der Waals surface area contributed by atoms with Crippen molar-refractivity contribution in [3.05, 3.63) is 54.6 Å². The van der Waals surface area contributed by atoms with Crippen molar-refractivity contribution in [3.63, 3.8) is 0 Å². The van der Waals surface area contributed by atoms with Crippen molar-refractivity contribution in [2.45, 2.75) is 0 Å². The van der Waals surface area contributed by atoms with Gasteiger partial charge in [-0.3, -0.25) is 4.98 Å². The number of nitriles is 1. The zero-order valence-corrected chi connectivity index (χ0v) is 11.3. The number of nitrogens with zero attached hydrogens (tertiary/aromatic N) is 3. The average molecular weight is 277 g/mol. The molecule has 3 aromatic heterocycles. The van der Waals surface area contributed by atoms with E-state index in [9.17, 15) is 5.26 Å². The van der Waals surface area contributed by atoms with Gasteiger partial charge in [-0.05, 0) is 35.9 Å². The summed E-state index contributed by atoms with van der Waals surface area (Å²) in [6, 6.07) is 11.2. The molecule has 0 fully saturated rings. The topological polar surface area (TPSA) is 71.9 Å². The van der Waals surface area contributed by atoms with E-state index in [-0.39, 0.29) is 5.88 Å². The summed E-state index contributed by atoms with van der Waals surface area (Å²) in [5, 5.41) is 9.40. The molecule has 3 rings (SSSR count). The number of pyridine rings is 2. The van der Waals surface area contributed by atoms with Crippen LogP contribution >= 0.6 is 0 Å². The predicted molar refractivity (Wildman–Crippen MR) is 76.4 cm³/mol. The van der Waals surface area contributed by atoms with Gasteiger partial charge in [-0.15, -0.1) is 0 Å². The van der Waals surface area contributed by atoms with Crippen LogP contribution in [0, 0.1) is 11.3 Å². The monoisotopic (exact) mass is 277 g/mol. The van der Waals surface area contributed by atoms with Gasteiger partial charge in [0.25, 0.3) is 0 Å². The highest BCUT2D eigenvalue weighted by Crippen LogP contribution is 2.33. The highest BCUT2D eigenvalue weighted by molar-refractivity contribution is 5.76. The number of hydrogen-bond acceptors (Lipinski definition) is 5. The van der Waals surface area contributed by atoms with Crippen LogP contribution in [0.3, 0.4) is 0 Å². The van der Waals surface area contributed by atoms with Crippen LogP contribution in [0.15, 0.2) is 53.4 Å². The summed E-state index contributed by atoms with van der Waals surface area (Å²) >= 11 is 0. The van der Waals surface area contributed by atoms with Gasteiger partial charge in [-0.2, -0.15) is 5.26 Å². The highest BCUT2D eigenvalue weighted by atomic mass is 16.5. The first-order valence-corrected chi connectivity index (χ1v) is 6.27. The number of hydrogen-bond donors (Lipinski definition) is 0. The molecule has 3 aromatic rings. The molecule has 0 N–H and O–H groups in total. The first kappa shape index (κ1) is 12.9. The maximum Gasteiger partial charge on any atom is 0.232 e. The molecule has 0 radical (unpaired) electrons. The highest BCUT2D eigenvalue weighted by Gasteiger charge is 2.16. The summed E-state index contributed by atoms with van der Waals surface area (Å²) in [6.07, 6.45) is 4.93. The van der Waals surface area contributed by atoms with Crippen molar-refractivity contribution in [3.8, 4) is 34.5 Å². The van der Waals surface area contributed by atoms with Gasteiger partial charge in [-0.25, -0.2) is 4.98 Å². The minimum Gasteiger partial charge on any atom is -0.480 e. The van der Waals surface area contributed by atoms with Gasteiger partial charge in [-0.1, -0.05) is 0 Å². The van der Waals surface area contributed by atoms with E-state index in [2.05, 4.69) is 16.0 Å². The smallest absolute Gasteiger partial charge is 0.232 e. The van der Waals surface area contributed by atoms with Crippen molar-refractivity contribution in [1.29, 1.82) is 5.26 Å². The van der Waals surface area contributed by atoms with Gasteiger partial charge in [0.1, 0.15) is 17.3 Å². The number of furan rings is 1. The van der Waals surface area contributed by atoms with Crippen molar-refractivity contribution in [2.75, 3.05) is 7.11 Å². The standard InChI is InChI=1S/C16H11N3O2/c1-20-16-13(10-17)12(11-4-6-18-7-5-11)9-14(19-16)15-3-2-8-21-15/h2-9H,1H3. The van der Waals surface area contributed by atoms with Crippen molar-refractivity contribution in [2.24, 2.45) is 0 Å². The van der Waals surface area contributed by atoms with Crippen molar-refractivity contribution >= 4 is 0 Å². The molecule has 0 amide bonds. The van der Waals surface area contributed by atoms with Crippen LogP contribution in [0.1, 0.15) is 5.56 Å². The molecular formula is C16H11N3O2. The van der Waals surface area contributed by atoms with E-state index in [4.69, 9.17) is 9.15 Å². The molecule has 21 heavy (non-hydrogen) atoms. The van der Waals surface area contributed by atoms with Gasteiger partial charge in [0.05, 0.1) is 13.4 Å². The summed E-state index contributed by atoms with van der Waals surface area (Å²) in [5.41, 5.74) is 2.61. The maximum absolute atomic E-state index is 9.40. The minimum absolute atomic E-state index is 0.276. The van der Waals surface area contributed by atoms with Crippen LogP contribution in [0.2, 0.25) is 0 Å². The second kappa shape index (κ2) is 5.47. The first-order chi connectivity index (χ1) is 10.3. The maximum atomic E-state index is 9.40. The third-order valence-electron chi connectivity index (χ3n) is 3.06. The molecule has 3 heterocycles. The van der Waals surface area contributed by atoms with Gasteiger partial charge in [0.15, 0.2) is 5.76 Å². The molecule has 0 bridgehead atoms. The normalized spacial score (nSPS) is 10.1. The van der Waals surface area contributed by atoms with Gasteiger partial charge in [0.2, 0.25) is 5.88 Å². The van der Waals surface area contributed by atoms with Crippen LogP contribution in [-0.2, 0) is 0 Å². The minimum atomic E-state index is 0.276. The fourth-order valence-corrected chi connectivity index (χ4v) is 2.09. The largest absolute Gasteiger partial charge is 0.480 e. The Morgan fingerprint density at radius 3 is 2.67 bits per heavy atom. The first-order valence-electron chi connectivity index (χ1n) is 6.27. The fraction of sp³-hybridized carbons (Fsp3) is 0.0625. The van der Waals surface area contributed by atoms with Crippen LogP contribution in [0.4, 0.5) is 0 Å². The van der Waals surface area contributed by atoms with Crippen molar-refractivity contribution < 1.29 is 9.15 Å². The lowest BCUT2D eigenvalue weighted by molar-refractivity contribution is 0.396. The van der Waals surface area contributed by atoms with E-state index in [1.807, 2.05) is 24.3 Å². The lowest BCUT2D eigenvalue weighted by Crippen LogP contribution is -1.97. The summed E-state index contributed by atoms with van der Waals surface area (Å²) in [5.74, 6) is 0.895. The van der Waals surface area contributed by atoms with Crippen LogP contribution in [0.5, 0.6) is 5.88 Å². The molecule has 0 unspecified atom stereocenters. The zero-order valence-electron chi connectivity index (χ0n) is 11.3. The summed E-state index contributed by atoms with van der Waals surface area (Å²) in [6.45, 7) is 0. The van der Waals surface area contributed by atoms with Gasteiger partial charge < -0.3 is 9.15 Å². The van der Waals surface area contributed by atoms with Crippen molar-refractivity contribution in [1.82, 2.24) is 9.97 Å². The third kappa shape index (κ3) is 2.35. The second-order valence-electron chi connectivity index (χ2n) is 4.26. The third-order valence-corrected chi connectivity index (χ3v) is 3.06. The van der Waals surface area contributed by atoms with E-state index in [1.165, 1.54) is 7.11 Å². The molecule has 0 spiro atoms. The summed E-state index contributed by atoms with van der Waals surface area (Å²) in [7, 11) is 1.49. The quantitative estimate of drug-likeness (QED) is 0.734. The molecule has 0 saturated carbocycles. The van der Waals surface area contributed by atoms with Gasteiger partial charge in [0, 0.05) is 18.0 Å². The molecule has 0 aliphatic carbocycles. The summed E-state index contributed by atoms with van der Waals surface area (Å²) in [4.78, 5) is 8.33. The molecular weight excluding hydrogens is 266 g/mol. The Balaban J connectivity index is 2.27. The molecule has 0 atom stereocenters. The Labute approximate surface area is 121 Å². The second-order valence-corrected chi connectivity index (χ2v) is 4.26. The van der Waals surface area contributed by atoms with Crippen LogP contribution in [0.25, 0.3) is 22.6 Å². The Morgan fingerprint density at radius 2 is 2.05 bits per heavy atom. The summed E-state index contributed by atoms with van der Waals surface area (Å²) < 4.78 is 10.6. The van der Waals surface area contributed by atoms with E-state index < -0.39 is 0 Å². The Kier molecular flexibility index (Phi) is 3.36. The molecule has 0 aromatic carbocycles. The zero-order chi connectivity index (χ0) is 14.7. The lowest BCUT2D eigenvalue weighted by Gasteiger charge is -2.10. The van der Waals surface area contributed by atoms with E-state index in [0.717, 1.165) is 11.1 Å². The SMILES string of the molecule is COc1nc(-c2ccco2)cc(-c2ccncc2)c1C#N. The number of methoxy groups -OCH3 is 1. The fourth-order valence-electron chi connectivity index (χ4n) is 2.09. The number of ether oxygens (including phenoxy) is 1. The molecule has 102 valence electrons. The molecule has 0 aliphatic heterocycles. The Morgan fingerprint density at radius 1 is 1.24 bits per heavy atom. The van der Waals surface area contributed by atoms with E-state index >= 15 is 0 Å². The van der Waals surface area contributed by atoms with Crippen LogP contribution in [-0.4, -0.2) is 17.1 Å². The Bertz CT molecular complexity index is 790. The lowest BCUT2D eigenvalue weighted by atomic mass is 10.0.